The lowest BCUT2D eigenvalue weighted by molar-refractivity contribution is 0.174. The predicted molar refractivity (Wildman–Crippen MR) is 79.6 cm³/mol. The third-order valence-corrected chi connectivity index (χ3v) is 4.87. The smallest absolute Gasteiger partial charge is 0.261 e. The van der Waals surface area contributed by atoms with Crippen LogP contribution in [0.15, 0.2) is 41.3 Å². The number of aryl methyl sites for hydroxylation is 1. The average molecular weight is 326 g/mol. The van der Waals surface area contributed by atoms with Crippen molar-refractivity contribution in [3.63, 3.8) is 0 Å². The van der Waals surface area contributed by atoms with Crippen molar-refractivity contribution in [2.45, 2.75) is 11.8 Å². The molecule has 7 heteroatoms. The summed E-state index contributed by atoms with van der Waals surface area (Å²) in [5.41, 5.74) is 1.11. The zero-order valence-corrected chi connectivity index (χ0v) is 12.7. The molecule has 1 N–H and O–H groups in total. The van der Waals surface area contributed by atoms with Gasteiger partial charge in [0.15, 0.2) is 11.5 Å². The first-order valence-electron chi connectivity index (χ1n) is 6.14. The molecule has 3 rings (SSSR count). The average Bonchev–Trinajstić information content (AvgIpc) is 2.88. The minimum absolute atomic E-state index is 0.141. The van der Waals surface area contributed by atoms with Gasteiger partial charge >= 0.3 is 0 Å². The molecule has 0 spiro atoms. The Morgan fingerprint density at radius 2 is 1.86 bits per heavy atom. The summed E-state index contributed by atoms with van der Waals surface area (Å²) in [6.07, 6.45) is 0. The second-order valence-electron chi connectivity index (χ2n) is 4.58. The molecular weight excluding hydrogens is 314 g/mol. The van der Waals surface area contributed by atoms with Gasteiger partial charge in [0.05, 0.1) is 10.6 Å². The van der Waals surface area contributed by atoms with E-state index in [1.54, 1.807) is 31.2 Å². The SMILES string of the molecule is Cc1cc(S(=O)(=O)Nc2ccc3c(c2)OCO3)ccc1Cl. The van der Waals surface area contributed by atoms with Gasteiger partial charge in [0, 0.05) is 11.1 Å². The monoisotopic (exact) mass is 325 g/mol. The molecule has 0 unspecified atom stereocenters. The molecule has 0 radical (unpaired) electrons. The summed E-state index contributed by atoms with van der Waals surface area (Å²) in [4.78, 5) is 0.155. The highest BCUT2D eigenvalue weighted by Crippen LogP contribution is 2.34. The van der Waals surface area contributed by atoms with E-state index in [1.165, 1.54) is 12.1 Å². The lowest BCUT2D eigenvalue weighted by Gasteiger charge is -2.09. The van der Waals surface area contributed by atoms with Crippen LogP contribution in [0.2, 0.25) is 5.02 Å². The molecule has 110 valence electrons. The highest BCUT2D eigenvalue weighted by Gasteiger charge is 2.18. The van der Waals surface area contributed by atoms with Crippen LogP contribution in [0.1, 0.15) is 5.56 Å². The number of nitrogens with one attached hydrogen (secondary N) is 1. The summed E-state index contributed by atoms with van der Waals surface area (Å²) in [5.74, 6) is 1.11. The highest BCUT2D eigenvalue weighted by atomic mass is 35.5. The number of sulfonamides is 1. The molecule has 21 heavy (non-hydrogen) atoms. The first-order valence-corrected chi connectivity index (χ1v) is 8.00. The van der Waals surface area contributed by atoms with E-state index in [0.717, 1.165) is 0 Å². The van der Waals surface area contributed by atoms with Gasteiger partial charge in [-0.25, -0.2) is 8.42 Å². The van der Waals surface area contributed by atoms with Gasteiger partial charge < -0.3 is 9.47 Å². The first kappa shape index (κ1) is 14.0. The summed E-state index contributed by atoms with van der Waals surface area (Å²) in [5, 5.41) is 0.525. The van der Waals surface area contributed by atoms with Crippen molar-refractivity contribution in [3.05, 3.63) is 47.0 Å². The van der Waals surface area contributed by atoms with E-state index in [2.05, 4.69) is 4.72 Å². The molecule has 0 fully saturated rings. The predicted octanol–water partition coefficient (Wildman–Crippen LogP) is 3.18. The quantitative estimate of drug-likeness (QED) is 0.941. The van der Waals surface area contributed by atoms with Crippen LogP contribution >= 0.6 is 11.6 Å². The van der Waals surface area contributed by atoms with Crippen LogP contribution in [-0.2, 0) is 10.0 Å². The standard InChI is InChI=1S/C14H12ClNO4S/c1-9-6-11(3-4-12(9)15)21(17,18)16-10-2-5-13-14(7-10)20-8-19-13/h2-7,16H,8H2,1H3. The molecule has 0 saturated carbocycles. The Bertz CT molecular complexity index is 805. The number of hydrogen-bond donors (Lipinski definition) is 1. The van der Waals surface area contributed by atoms with Crippen LogP contribution in [0.25, 0.3) is 0 Å². The number of fused-ring (bicyclic) bond motifs is 1. The molecule has 2 aromatic rings. The zero-order valence-electron chi connectivity index (χ0n) is 11.1. The van der Waals surface area contributed by atoms with Gasteiger partial charge in [-0.05, 0) is 42.8 Å². The van der Waals surface area contributed by atoms with E-state index in [1.807, 2.05) is 0 Å². The maximum absolute atomic E-state index is 12.3. The van der Waals surface area contributed by atoms with Gasteiger partial charge in [0.25, 0.3) is 10.0 Å². The Morgan fingerprint density at radius 1 is 1.10 bits per heavy atom. The van der Waals surface area contributed by atoms with Gasteiger partial charge in [-0.2, -0.15) is 0 Å². The zero-order chi connectivity index (χ0) is 15.0. The number of ether oxygens (including phenoxy) is 2. The lowest BCUT2D eigenvalue weighted by atomic mass is 10.2. The molecule has 0 saturated heterocycles. The maximum Gasteiger partial charge on any atom is 0.261 e. The lowest BCUT2D eigenvalue weighted by Crippen LogP contribution is -2.13. The Kier molecular flexibility index (Phi) is 3.43. The van der Waals surface area contributed by atoms with Crippen LogP contribution in [0.4, 0.5) is 5.69 Å². The van der Waals surface area contributed by atoms with Gasteiger partial charge in [0.1, 0.15) is 0 Å². The van der Waals surface area contributed by atoms with Crippen molar-refractivity contribution in [1.29, 1.82) is 0 Å². The van der Waals surface area contributed by atoms with Crippen molar-refractivity contribution in [2.75, 3.05) is 11.5 Å². The summed E-state index contributed by atoms with van der Waals surface area (Å²) < 4.78 is 37.6. The molecular formula is C14H12ClNO4S. The molecule has 0 atom stereocenters. The number of hydrogen-bond acceptors (Lipinski definition) is 4. The van der Waals surface area contributed by atoms with Crippen LogP contribution in [0, 0.1) is 6.92 Å². The molecule has 0 amide bonds. The summed E-state index contributed by atoms with van der Waals surface area (Å²) in [6, 6.07) is 9.41. The summed E-state index contributed by atoms with van der Waals surface area (Å²) in [7, 11) is -3.68. The number of anilines is 1. The van der Waals surface area contributed by atoms with E-state index in [0.29, 0.717) is 27.8 Å². The fraction of sp³-hybridized carbons (Fsp3) is 0.143. The van der Waals surface area contributed by atoms with E-state index in [-0.39, 0.29) is 11.7 Å². The molecule has 0 bridgehead atoms. The molecule has 0 aliphatic carbocycles. The van der Waals surface area contributed by atoms with Gasteiger partial charge in [0.2, 0.25) is 6.79 Å². The summed E-state index contributed by atoms with van der Waals surface area (Å²) >= 11 is 5.91. The molecule has 1 aliphatic rings. The molecule has 0 aromatic heterocycles. The largest absolute Gasteiger partial charge is 0.454 e. The van der Waals surface area contributed by atoms with E-state index >= 15 is 0 Å². The van der Waals surface area contributed by atoms with Crippen molar-refractivity contribution in [2.24, 2.45) is 0 Å². The van der Waals surface area contributed by atoms with Gasteiger partial charge in [-0.15, -0.1) is 0 Å². The van der Waals surface area contributed by atoms with Crippen LogP contribution in [-0.4, -0.2) is 15.2 Å². The van der Waals surface area contributed by atoms with E-state index in [9.17, 15) is 8.42 Å². The number of benzene rings is 2. The molecule has 2 aromatic carbocycles. The summed E-state index contributed by atoms with van der Waals surface area (Å²) in [6.45, 7) is 1.89. The fourth-order valence-electron chi connectivity index (χ4n) is 1.96. The van der Waals surface area contributed by atoms with Crippen LogP contribution in [0.5, 0.6) is 11.5 Å². The minimum Gasteiger partial charge on any atom is -0.454 e. The maximum atomic E-state index is 12.3. The van der Waals surface area contributed by atoms with Gasteiger partial charge in [-0.1, -0.05) is 11.6 Å². The molecule has 5 nitrogen and oxygen atoms in total. The van der Waals surface area contributed by atoms with E-state index < -0.39 is 10.0 Å². The van der Waals surface area contributed by atoms with Crippen LogP contribution in [0.3, 0.4) is 0 Å². The fourth-order valence-corrected chi connectivity index (χ4v) is 3.21. The topological polar surface area (TPSA) is 64.6 Å². The minimum atomic E-state index is -3.68. The number of halogens is 1. The Morgan fingerprint density at radius 3 is 2.62 bits per heavy atom. The normalized spacial score (nSPS) is 13.2. The first-order chi connectivity index (χ1) is 9.95. The Balaban J connectivity index is 1.90. The van der Waals surface area contributed by atoms with E-state index in [4.69, 9.17) is 21.1 Å². The number of rotatable bonds is 3. The Hall–Kier alpha value is -1.92. The second kappa shape index (κ2) is 5.13. The third kappa shape index (κ3) is 2.77. The van der Waals surface area contributed by atoms with Crippen molar-refractivity contribution >= 4 is 27.3 Å². The highest BCUT2D eigenvalue weighted by molar-refractivity contribution is 7.92. The Labute approximate surface area is 127 Å². The third-order valence-electron chi connectivity index (χ3n) is 3.06. The molecule has 1 aliphatic heterocycles. The van der Waals surface area contributed by atoms with Crippen molar-refractivity contribution in [1.82, 2.24) is 0 Å². The second-order valence-corrected chi connectivity index (χ2v) is 6.67. The van der Waals surface area contributed by atoms with Crippen LogP contribution < -0.4 is 14.2 Å². The molecule has 1 heterocycles. The van der Waals surface area contributed by atoms with Crippen molar-refractivity contribution < 1.29 is 17.9 Å². The van der Waals surface area contributed by atoms with Crippen molar-refractivity contribution in [3.8, 4) is 11.5 Å². The van der Waals surface area contributed by atoms with Gasteiger partial charge in [-0.3, -0.25) is 4.72 Å².